The standard InChI is InChI=1S/C15H22N2O/c1-10-5-6-12(13(7-10)16-4)14(18)17-9-11-8-15(11,2)3/h5-7,11,16H,8-9H2,1-4H3,(H,17,18). The molecule has 0 spiro atoms. The van der Waals surface area contributed by atoms with Gasteiger partial charge in [-0.15, -0.1) is 0 Å². The van der Waals surface area contributed by atoms with Crippen LogP contribution in [0.25, 0.3) is 0 Å². The number of hydrogen-bond acceptors (Lipinski definition) is 2. The fraction of sp³-hybridized carbons (Fsp3) is 0.533. The van der Waals surface area contributed by atoms with Crippen molar-refractivity contribution in [2.24, 2.45) is 11.3 Å². The molecule has 1 aliphatic rings. The number of benzene rings is 1. The lowest BCUT2D eigenvalue weighted by Crippen LogP contribution is -2.27. The summed E-state index contributed by atoms with van der Waals surface area (Å²) in [7, 11) is 1.84. The molecule has 0 radical (unpaired) electrons. The van der Waals surface area contributed by atoms with Gasteiger partial charge in [-0.2, -0.15) is 0 Å². The van der Waals surface area contributed by atoms with Gasteiger partial charge < -0.3 is 10.6 Å². The van der Waals surface area contributed by atoms with Gasteiger partial charge in [0.1, 0.15) is 0 Å². The summed E-state index contributed by atoms with van der Waals surface area (Å²) in [5, 5.41) is 6.11. The van der Waals surface area contributed by atoms with Crippen LogP contribution in [0.2, 0.25) is 0 Å². The lowest BCUT2D eigenvalue weighted by molar-refractivity contribution is 0.0951. The molecule has 0 bridgehead atoms. The van der Waals surface area contributed by atoms with Gasteiger partial charge in [-0.25, -0.2) is 0 Å². The van der Waals surface area contributed by atoms with E-state index in [-0.39, 0.29) is 5.91 Å². The molecular formula is C15H22N2O. The third-order valence-corrected chi connectivity index (χ3v) is 3.92. The minimum Gasteiger partial charge on any atom is -0.387 e. The molecule has 2 N–H and O–H groups in total. The zero-order valence-corrected chi connectivity index (χ0v) is 11.6. The predicted molar refractivity (Wildman–Crippen MR) is 74.9 cm³/mol. The van der Waals surface area contributed by atoms with Gasteiger partial charge in [0, 0.05) is 19.3 Å². The Labute approximate surface area is 109 Å². The Morgan fingerprint density at radius 2 is 2.11 bits per heavy atom. The van der Waals surface area contributed by atoms with Gasteiger partial charge in [0.05, 0.1) is 5.56 Å². The van der Waals surface area contributed by atoms with Crippen molar-refractivity contribution in [3.8, 4) is 0 Å². The predicted octanol–water partition coefficient (Wildman–Crippen LogP) is 2.81. The van der Waals surface area contributed by atoms with E-state index >= 15 is 0 Å². The van der Waals surface area contributed by atoms with Crippen LogP contribution in [0.3, 0.4) is 0 Å². The maximum absolute atomic E-state index is 12.1. The van der Waals surface area contributed by atoms with Gasteiger partial charge in [0.15, 0.2) is 0 Å². The second-order valence-electron chi connectivity index (χ2n) is 5.90. The summed E-state index contributed by atoms with van der Waals surface area (Å²) in [6, 6.07) is 5.85. The average Bonchev–Trinajstić information content (AvgIpc) is 2.94. The molecule has 0 aromatic heterocycles. The molecule has 2 rings (SSSR count). The minimum atomic E-state index is 0.0158. The van der Waals surface area contributed by atoms with Gasteiger partial charge in [-0.05, 0) is 42.4 Å². The highest BCUT2D eigenvalue weighted by atomic mass is 16.1. The summed E-state index contributed by atoms with van der Waals surface area (Å²) >= 11 is 0. The molecule has 1 fully saturated rings. The van der Waals surface area contributed by atoms with Crippen LogP contribution in [0.5, 0.6) is 0 Å². The lowest BCUT2D eigenvalue weighted by atomic mass is 10.1. The van der Waals surface area contributed by atoms with Crippen LogP contribution in [0.15, 0.2) is 18.2 Å². The van der Waals surface area contributed by atoms with Gasteiger partial charge in [0.25, 0.3) is 5.91 Å². The van der Waals surface area contributed by atoms with Crippen molar-refractivity contribution in [1.82, 2.24) is 5.32 Å². The van der Waals surface area contributed by atoms with Crippen molar-refractivity contribution in [3.63, 3.8) is 0 Å². The van der Waals surface area contributed by atoms with Gasteiger partial charge in [-0.3, -0.25) is 4.79 Å². The van der Waals surface area contributed by atoms with Crippen LogP contribution < -0.4 is 10.6 Å². The van der Waals surface area contributed by atoms with Gasteiger partial charge in [0.2, 0.25) is 0 Å². The largest absolute Gasteiger partial charge is 0.387 e. The number of rotatable bonds is 4. The number of aryl methyl sites for hydroxylation is 1. The van der Waals surface area contributed by atoms with Crippen LogP contribution >= 0.6 is 0 Å². The first-order chi connectivity index (χ1) is 8.44. The normalized spacial score (nSPS) is 20.3. The van der Waals surface area contributed by atoms with Crippen molar-refractivity contribution in [3.05, 3.63) is 29.3 Å². The number of carbonyl (C=O) groups excluding carboxylic acids is 1. The van der Waals surface area contributed by atoms with E-state index in [9.17, 15) is 4.79 Å². The molecule has 98 valence electrons. The Balaban J connectivity index is 2.00. The highest BCUT2D eigenvalue weighted by Crippen LogP contribution is 2.50. The van der Waals surface area contributed by atoms with Crippen LogP contribution in [0, 0.1) is 18.3 Å². The van der Waals surface area contributed by atoms with Crippen LogP contribution in [-0.2, 0) is 0 Å². The number of hydrogen-bond donors (Lipinski definition) is 2. The van der Waals surface area contributed by atoms with Gasteiger partial charge >= 0.3 is 0 Å². The van der Waals surface area contributed by atoms with Crippen molar-refractivity contribution >= 4 is 11.6 Å². The third-order valence-electron chi connectivity index (χ3n) is 3.92. The Hall–Kier alpha value is -1.51. The smallest absolute Gasteiger partial charge is 0.253 e. The summed E-state index contributed by atoms with van der Waals surface area (Å²) in [4.78, 5) is 12.1. The minimum absolute atomic E-state index is 0.0158. The molecular weight excluding hydrogens is 224 g/mol. The van der Waals surface area contributed by atoms with E-state index in [1.807, 2.05) is 32.2 Å². The van der Waals surface area contributed by atoms with Crippen molar-refractivity contribution < 1.29 is 4.79 Å². The molecule has 1 atom stereocenters. The molecule has 0 heterocycles. The SMILES string of the molecule is CNc1cc(C)ccc1C(=O)NCC1CC1(C)C. The van der Waals surface area contributed by atoms with E-state index in [2.05, 4.69) is 24.5 Å². The molecule has 1 aliphatic carbocycles. The first-order valence-electron chi connectivity index (χ1n) is 6.50. The molecule has 18 heavy (non-hydrogen) atoms. The average molecular weight is 246 g/mol. The topological polar surface area (TPSA) is 41.1 Å². The van der Waals surface area contributed by atoms with Gasteiger partial charge in [-0.1, -0.05) is 19.9 Å². The molecule has 1 saturated carbocycles. The van der Waals surface area contributed by atoms with E-state index in [1.165, 1.54) is 6.42 Å². The van der Waals surface area contributed by atoms with Crippen LogP contribution in [0.4, 0.5) is 5.69 Å². The highest BCUT2D eigenvalue weighted by Gasteiger charge is 2.45. The summed E-state index contributed by atoms with van der Waals surface area (Å²) in [6.07, 6.45) is 1.21. The monoisotopic (exact) mass is 246 g/mol. The summed E-state index contributed by atoms with van der Waals surface area (Å²) in [6.45, 7) is 7.29. The van der Waals surface area contributed by atoms with Crippen molar-refractivity contribution in [2.45, 2.75) is 27.2 Å². The summed E-state index contributed by atoms with van der Waals surface area (Å²) < 4.78 is 0. The van der Waals surface area contributed by atoms with E-state index in [0.717, 1.165) is 23.4 Å². The van der Waals surface area contributed by atoms with E-state index < -0.39 is 0 Å². The summed E-state index contributed by atoms with van der Waals surface area (Å²) in [5.74, 6) is 0.645. The van der Waals surface area contributed by atoms with E-state index in [1.54, 1.807) is 0 Å². The van der Waals surface area contributed by atoms with Crippen molar-refractivity contribution in [1.29, 1.82) is 0 Å². The second-order valence-corrected chi connectivity index (χ2v) is 5.90. The fourth-order valence-electron chi connectivity index (χ4n) is 2.30. The Morgan fingerprint density at radius 3 is 2.67 bits per heavy atom. The van der Waals surface area contributed by atoms with Crippen molar-refractivity contribution in [2.75, 3.05) is 18.9 Å². The molecule has 1 amide bonds. The lowest BCUT2D eigenvalue weighted by Gasteiger charge is -2.11. The quantitative estimate of drug-likeness (QED) is 0.857. The van der Waals surface area contributed by atoms with Crippen LogP contribution in [0.1, 0.15) is 36.2 Å². The molecule has 3 nitrogen and oxygen atoms in total. The van der Waals surface area contributed by atoms with Crippen LogP contribution in [-0.4, -0.2) is 19.5 Å². The molecule has 1 aromatic carbocycles. The number of anilines is 1. The van der Waals surface area contributed by atoms with E-state index in [0.29, 0.717) is 11.3 Å². The summed E-state index contributed by atoms with van der Waals surface area (Å²) in [5.41, 5.74) is 3.18. The van der Waals surface area contributed by atoms with E-state index in [4.69, 9.17) is 0 Å². The Bertz CT molecular complexity index is 466. The maximum Gasteiger partial charge on any atom is 0.253 e. The molecule has 3 heteroatoms. The third kappa shape index (κ3) is 2.66. The zero-order chi connectivity index (χ0) is 13.3. The number of amides is 1. The number of nitrogens with one attached hydrogen (secondary N) is 2. The Kier molecular flexibility index (Phi) is 3.33. The Morgan fingerprint density at radius 1 is 1.44 bits per heavy atom. The fourth-order valence-corrected chi connectivity index (χ4v) is 2.30. The molecule has 0 saturated heterocycles. The molecule has 0 aliphatic heterocycles. The molecule has 1 aromatic rings. The zero-order valence-electron chi connectivity index (χ0n) is 11.6. The maximum atomic E-state index is 12.1. The molecule has 1 unspecified atom stereocenters. The number of carbonyl (C=O) groups is 1. The first-order valence-corrected chi connectivity index (χ1v) is 6.50. The second kappa shape index (κ2) is 4.63. The highest BCUT2D eigenvalue weighted by molar-refractivity contribution is 5.99. The first kappa shape index (κ1) is 12.9.